The maximum absolute atomic E-state index is 5.80. The van der Waals surface area contributed by atoms with E-state index >= 15 is 0 Å². The SMILES string of the molecule is CCC/C(N)=C(\CNC)NC. The van der Waals surface area contributed by atoms with Gasteiger partial charge in [0.05, 0.1) is 0 Å². The first kappa shape index (κ1) is 10.3. The van der Waals surface area contributed by atoms with E-state index in [0.717, 1.165) is 30.8 Å². The first-order valence-corrected chi connectivity index (χ1v) is 4.06. The quantitative estimate of drug-likeness (QED) is 0.541. The van der Waals surface area contributed by atoms with Gasteiger partial charge in [0, 0.05) is 25.0 Å². The highest BCUT2D eigenvalue weighted by Gasteiger charge is 1.97. The Morgan fingerprint density at radius 2 is 2.00 bits per heavy atom. The van der Waals surface area contributed by atoms with E-state index in [1.165, 1.54) is 0 Å². The molecule has 0 aromatic carbocycles. The summed E-state index contributed by atoms with van der Waals surface area (Å²) in [5.74, 6) is 0. The van der Waals surface area contributed by atoms with E-state index in [9.17, 15) is 0 Å². The molecule has 0 fully saturated rings. The van der Waals surface area contributed by atoms with Gasteiger partial charge in [-0.25, -0.2) is 0 Å². The summed E-state index contributed by atoms with van der Waals surface area (Å²) in [7, 11) is 3.81. The Balaban J connectivity index is 4.02. The lowest BCUT2D eigenvalue weighted by Gasteiger charge is -2.10. The lowest BCUT2D eigenvalue weighted by Crippen LogP contribution is -2.23. The van der Waals surface area contributed by atoms with Gasteiger partial charge in [-0.05, 0) is 13.5 Å². The lowest BCUT2D eigenvalue weighted by atomic mass is 10.2. The Bertz CT molecular complexity index is 129. The summed E-state index contributed by atoms with van der Waals surface area (Å²) in [6.07, 6.45) is 2.07. The Morgan fingerprint density at radius 3 is 2.36 bits per heavy atom. The molecule has 0 saturated carbocycles. The van der Waals surface area contributed by atoms with Gasteiger partial charge in [0.15, 0.2) is 0 Å². The minimum Gasteiger partial charge on any atom is -0.401 e. The van der Waals surface area contributed by atoms with E-state index in [1.54, 1.807) is 0 Å². The molecule has 0 aromatic rings. The molecule has 0 aliphatic rings. The van der Waals surface area contributed by atoms with E-state index in [1.807, 2.05) is 14.1 Å². The number of hydrogen-bond acceptors (Lipinski definition) is 3. The van der Waals surface area contributed by atoms with Crippen LogP contribution in [0.1, 0.15) is 19.8 Å². The molecule has 66 valence electrons. The molecule has 0 spiro atoms. The molecular weight excluding hydrogens is 138 g/mol. The molecule has 0 unspecified atom stereocenters. The number of hydrogen-bond donors (Lipinski definition) is 3. The highest BCUT2D eigenvalue weighted by Crippen LogP contribution is 2.00. The van der Waals surface area contributed by atoms with Crippen molar-refractivity contribution < 1.29 is 0 Å². The van der Waals surface area contributed by atoms with Crippen LogP contribution in [-0.4, -0.2) is 20.6 Å². The van der Waals surface area contributed by atoms with Crippen molar-refractivity contribution in [2.75, 3.05) is 20.6 Å². The van der Waals surface area contributed by atoms with Crippen LogP contribution in [0.4, 0.5) is 0 Å². The fourth-order valence-electron chi connectivity index (χ4n) is 0.959. The zero-order valence-corrected chi connectivity index (χ0v) is 7.70. The number of rotatable bonds is 5. The number of likely N-dealkylation sites (N-methyl/N-ethyl adjacent to an activating group) is 2. The molecule has 0 aliphatic carbocycles. The van der Waals surface area contributed by atoms with Gasteiger partial charge in [0.25, 0.3) is 0 Å². The van der Waals surface area contributed by atoms with Gasteiger partial charge in [-0.2, -0.15) is 0 Å². The largest absolute Gasteiger partial charge is 0.401 e. The van der Waals surface area contributed by atoms with Gasteiger partial charge in [0.1, 0.15) is 0 Å². The second-order valence-electron chi connectivity index (χ2n) is 2.53. The topological polar surface area (TPSA) is 50.1 Å². The van der Waals surface area contributed by atoms with Crippen LogP contribution in [0.2, 0.25) is 0 Å². The fraction of sp³-hybridized carbons (Fsp3) is 0.750. The summed E-state index contributed by atoms with van der Waals surface area (Å²) in [6, 6.07) is 0. The van der Waals surface area contributed by atoms with Crippen molar-refractivity contribution in [2.24, 2.45) is 5.73 Å². The van der Waals surface area contributed by atoms with Crippen LogP contribution in [0.15, 0.2) is 11.4 Å². The van der Waals surface area contributed by atoms with Crippen molar-refractivity contribution in [3.05, 3.63) is 11.4 Å². The fourth-order valence-corrected chi connectivity index (χ4v) is 0.959. The van der Waals surface area contributed by atoms with Gasteiger partial charge >= 0.3 is 0 Å². The van der Waals surface area contributed by atoms with Crippen molar-refractivity contribution in [3.63, 3.8) is 0 Å². The highest BCUT2D eigenvalue weighted by atomic mass is 14.9. The van der Waals surface area contributed by atoms with Gasteiger partial charge in [-0.3, -0.25) is 0 Å². The van der Waals surface area contributed by atoms with E-state index in [0.29, 0.717) is 0 Å². The third kappa shape index (κ3) is 3.88. The minimum absolute atomic E-state index is 0.822. The van der Waals surface area contributed by atoms with Crippen LogP contribution in [0.5, 0.6) is 0 Å². The third-order valence-electron chi connectivity index (χ3n) is 1.56. The molecule has 0 heterocycles. The molecule has 0 rings (SSSR count). The van der Waals surface area contributed by atoms with E-state index < -0.39 is 0 Å². The summed E-state index contributed by atoms with van der Waals surface area (Å²) in [5.41, 5.74) is 7.87. The normalized spacial score (nSPS) is 12.6. The summed E-state index contributed by atoms with van der Waals surface area (Å²) in [4.78, 5) is 0. The summed E-state index contributed by atoms with van der Waals surface area (Å²) in [5, 5.41) is 6.14. The predicted molar refractivity (Wildman–Crippen MR) is 49.1 cm³/mol. The number of nitrogens with one attached hydrogen (secondary N) is 2. The molecule has 11 heavy (non-hydrogen) atoms. The molecule has 0 saturated heterocycles. The Kier molecular flexibility index (Phi) is 5.65. The van der Waals surface area contributed by atoms with Crippen LogP contribution in [0.25, 0.3) is 0 Å². The first-order valence-electron chi connectivity index (χ1n) is 4.06. The van der Waals surface area contributed by atoms with E-state index in [4.69, 9.17) is 5.73 Å². The molecular formula is C8H19N3. The highest BCUT2D eigenvalue weighted by molar-refractivity contribution is 5.10. The number of nitrogens with two attached hydrogens (primary N) is 1. The second kappa shape index (κ2) is 6.04. The second-order valence-corrected chi connectivity index (χ2v) is 2.53. The molecule has 4 N–H and O–H groups in total. The predicted octanol–water partition coefficient (Wildman–Crippen LogP) is 0.396. The average molecular weight is 157 g/mol. The van der Waals surface area contributed by atoms with Crippen LogP contribution < -0.4 is 16.4 Å². The molecule has 0 atom stereocenters. The van der Waals surface area contributed by atoms with Gasteiger partial charge in [0.2, 0.25) is 0 Å². The van der Waals surface area contributed by atoms with Crippen LogP contribution in [0.3, 0.4) is 0 Å². The monoisotopic (exact) mass is 157 g/mol. The zero-order chi connectivity index (χ0) is 8.69. The molecule has 0 amide bonds. The van der Waals surface area contributed by atoms with Gasteiger partial charge in [-0.1, -0.05) is 13.3 Å². The van der Waals surface area contributed by atoms with E-state index in [2.05, 4.69) is 17.6 Å². The Morgan fingerprint density at radius 1 is 1.36 bits per heavy atom. The molecule has 3 heteroatoms. The molecule has 0 radical (unpaired) electrons. The molecule has 0 aliphatic heterocycles. The summed E-state index contributed by atoms with van der Waals surface area (Å²) in [6.45, 7) is 2.95. The lowest BCUT2D eigenvalue weighted by molar-refractivity contribution is 0.763. The molecule has 0 bridgehead atoms. The molecule has 3 nitrogen and oxygen atoms in total. The third-order valence-corrected chi connectivity index (χ3v) is 1.56. The van der Waals surface area contributed by atoms with Crippen molar-refractivity contribution in [1.82, 2.24) is 10.6 Å². The van der Waals surface area contributed by atoms with Crippen molar-refractivity contribution in [1.29, 1.82) is 0 Å². The average Bonchev–Trinajstić information content (AvgIpc) is 2.00. The van der Waals surface area contributed by atoms with Crippen LogP contribution in [-0.2, 0) is 0 Å². The molecule has 0 aromatic heterocycles. The van der Waals surface area contributed by atoms with Gasteiger partial charge < -0.3 is 16.4 Å². The Labute approximate surface area is 69.0 Å². The summed E-state index contributed by atoms with van der Waals surface area (Å²) >= 11 is 0. The van der Waals surface area contributed by atoms with Crippen molar-refractivity contribution in [3.8, 4) is 0 Å². The number of allylic oxidation sites excluding steroid dienone is 1. The Hall–Kier alpha value is -0.700. The zero-order valence-electron chi connectivity index (χ0n) is 7.70. The summed E-state index contributed by atoms with van der Waals surface area (Å²) < 4.78 is 0. The first-order chi connectivity index (χ1) is 5.26. The van der Waals surface area contributed by atoms with Crippen LogP contribution in [0, 0.1) is 0 Å². The van der Waals surface area contributed by atoms with Crippen LogP contribution >= 0.6 is 0 Å². The van der Waals surface area contributed by atoms with Gasteiger partial charge in [-0.15, -0.1) is 0 Å². The van der Waals surface area contributed by atoms with Crippen molar-refractivity contribution in [2.45, 2.75) is 19.8 Å². The standard InChI is InChI=1S/C8H19N3/c1-4-5-7(9)8(11-3)6-10-2/h10-11H,4-6,9H2,1-3H3/b8-7-. The smallest absolute Gasteiger partial charge is 0.0435 e. The van der Waals surface area contributed by atoms with Crippen molar-refractivity contribution >= 4 is 0 Å². The maximum atomic E-state index is 5.80. The minimum atomic E-state index is 0.822. The van der Waals surface area contributed by atoms with E-state index in [-0.39, 0.29) is 0 Å². The maximum Gasteiger partial charge on any atom is 0.0435 e.